The predicted octanol–water partition coefficient (Wildman–Crippen LogP) is 2.33. The number of carboxylic acids is 1. The molecular weight excluding hydrogens is 270 g/mol. The Bertz CT molecular complexity index is 581. The molecule has 0 amide bonds. The minimum absolute atomic E-state index is 0.240. The normalized spacial score (nSPS) is 12.5. The molecule has 1 atom stereocenters. The van der Waals surface area contributed by atoms with Crippen LogP contribution in [0.15, 0.2) is 34.7 Å². The molecule has 0 aliphatic heterocycles. The van der Waals surface area contributed by atoms with E-state index in [4.69, 9.17) is 9.52 Å². The van der Waals surface area contributed by atoms with Crippen LogP contribution in [0, 0.1) is 5.92 Å². The van der Waals surface area contributed by atoms with E-state index in [2.05, 4.69) is 15.5 Å². The highest BCUT2D eigenvalue weighted by Gasteiger charge is 2.19. The number of benzene rings is 1. The highest BCUT2D eigenvalue weighted by atomic mass is 16.4. The van der Waals surface area contributed by atoms with Gasteiger partial charge in [-0.1, -0.05) is 32.0 Å². The molecule has 21 heavy (non-hydrogen) atoms. The number of aliphatic carboxylic acids is 1. The molecule has 2 aromatic rings. The topological polar surface area (TPSA) is 88.3 Å². The minimum atomic E-state index is -0.869. The molecule has 0 saturated heterocycles. The SMILES string of the molecule is CC(C)CC(NCc1nnc(-c2ccccc2)o1)C(=O)O. The zero-order valence-corrected chi connectivity index (χ0v) is 12.1. The molecule has 1 aromatic heterocycles. The number of nitrogens with one attached hydrogen (secondary N) is 1. The van der Waals surface area contributed by atoms with Crippen LogP contribution >= 0.6 is 0 Å². The van der Waals surface area contributed by atoms with Gasteiger partial charge in [0.2, 0.25) is 11.8 Å². The summed E-state index contributed by atoms with van der Waals surface area (Å²) >= 11 is 0. The summed E-state index contributed by atoms with van der Waals surface area (Å²) in [6.45, 7) is 4.21. The first-order valence-corrected chi connectivity index (χ1v) is 6.90. The lowest BCUT2D eigenvalue weighted by atomic mass is 10.0. The first-order chi connectivity index (χ1) is 10.1. The van der Waals surface area contributed by atoms with Crippen molar-refractivity contribution in [2.24, 2.45) is 5.92 Å². The quantitative estimate of drug-likeness (QED) is 0.813. The van der Waals surface area contributed by atoms with Crippen LogP contribution in [0.3, 0.4) is 0 Å². The lowest BCUT2D eigenvalue weighted by molar-refractivity contribution is -0.140. The van der Waals surface area contributed by atoms with Gasteiger partial charge in [0, 0.05) is 5.56 Å². The van der Waals surface area contributed by atoms with Crippen molar-refractivity contribution in [1.29, 1.82) is 0 Å². The van der Waals surface area contributed by atoms with Crippen molar-refractivity contribution < 1.29 is 14.3 Å². The third-order valence-corrected chi connectivity index (χ3v) is 2.99. The van der Waals surface area contributed by atoms with E-state index >= 15 is 0 Å². The second-order valence-corrected chi connectivity index (χ2v) is 5.27. The Morgan fingerprint density at radius 2 is 2.00 bits per heavy atom. The molecule has 112 valence electrons. The van der Waals surface area contributed by atoms with Crippen LogP contribution in [0.2, 0.25) is 0 Å². The summed E-state index contributed by atoms with van der Waals surface area (Å²) in [5.41, 5.74) is 0.841. The molecule has 1 heterocycles. The van der Waals surface area contributed by atoms with E-state index in [0.29, 0.717) is 24.1 Å². The van der Waals surface area contributed by atoms with E-state index < -0.39 is 12.0 Å². The van der Waals surface area contributed by atoms with Crippen LogP contribution in [-0.4, -0.2) is 27.3 Å². The molecule has 2 N–H and O–H groups in total. The first-order valence-electron chi connectivity index (χ1n) is 6.90. The van der Waals surface area contributed by atoms with Gasteiger partial charge in [-0.2, -0.15) is 0 Å². The fourth-order valence-electron chi connectivity index (χ4n) is 1.98. The Balaban J connectivity index is 1.98. The smallest absolute Gasteiger partial charge is 0.320 e. The molecule has 1 aromatic carbocycles. The van der Waals surface area contributed by atoms with Crippen LogP contribution in [0.5, 0.6) is 0 Å². The number of hydrogen-bond acceptors (Lipinski definition) is 5. The van der Waals surface area contributed by atoms with Crippen molar-refractivity contribution in [1.82, 2.24) is 15.5 Å². The van der Waals surface area contributed by atoms with Gasteiger partial charge in [-0.25, -0.2) is 0 Å². The van der Waals surface area contributed by atoms with Gasteiger partial charge >= 0.3 is 5.97 Å². The zero-order chi connectivity index (χ0) is 15.2. The maximum Gasteiger partial charge on any atom is 0.320 e. The molecular formula is C15H19N3O3. The molecule has 1 unspecified atom stereocenters. The zero-order valence-electron chi connectivity index (χ0n) is 12.1. The summed E-state index contributed by atoms with van der Waals surface area (Å²) in [4.78, 5) is 11.2. The minimum Gasteiger partial charge on any atom is -0.480 e. The van der Waals surface area contributed by atoms with E-state index in [1.54, 1.807) is 0 Å². The Morgan fingerprint density at radius 1 is 1.29 bits per heavy atom. The number of rotatable bonds is 7. The van der Waals surface area contributed by atoms with Crippen molar-refractivity contribution in [2.75, 3.05) is 0 Å². The van der Waals surface area contributed by atoms with Crippen LogP contribution in [0.4, 0.5) is 0 Å². The van der Waals surface area contributed by atoms with Gasteiger partial charge in [0.15, 0.2) is 0 Å². The molecule has 0 fully saturated rings. The number of carbonyl (C=O) groups is 1. The van der Waals surface area contributed by atoms with Gasteiger partial charge < -0.3 is 9.52 Å². The molecule has 2 rings (SSSR count). The van der Waals surface area contributed by atoms with Crippen LogP contribution < -0.4 is 5.32 Å². The summed E-state index contributed by atoms with van der Waals surface area (Å²) in [6, 6.07) is 8.83. The second-order valence-electron chi connectivity index (χ2n) is 5.27. The number of aromatic nitrogens is 2. The highest BCUT2D eigenvalue weighted by Crippen LogP contribution is 2.17. The predicted molar refractivity (Wildman–Crippen MR) is 77.5 cm³/mol. The van der Waals surface area contributed by atoms with Gasteiger partial charge in [0.25, 0.3) is 0 Å². The summed E-state index contributed by atoms with van der Waals surface area (Å²) in [6.07, 6.45) is 0.551. The molecule has 0 aliphatic rings. The third kappa shape index (κ3) is 4.39. The van der Waals surface area contributed by atoms with E-state index in [0.717, 1.165) is 5.56 Å². The number of hydrogen-bond donors (Lipinski definition) is 2. The van der Waals surface area contributed by atoms with Gasteiger partial charge in [-0.05, 0) is 24.5 Å². The van der Waals surface area contributed by atoms with Gasteiger partial charge in [0.1, 0.15) is 6.04 Å². The van der Waals surface area contributed by atoms with Gasteiger partial charge in [0.05, 0.1) is 6.54 Å². The van der Waals surface area contributed by atoms with Crippen molar-refractivity contribution in [3.8, 4) is 11.5 Å². The average molecular weight is 289 g/mol. The molecule has 0 bridgehead atoms. The molecule has 0 saturated carbocycles. The molecule has 0 spiro atoms. The molecule has 0 radical (unpaired) electrons. The van der Waals surface area contributed by atoms with E-state index in [9.17, 15) is 4.79 Å². The fraction of sp³-hybridized carbons (Fsp3) is 0.400. The van der Waals surface area contributed by atoms with Crippen LogP contribution in [0.1, 0.15) is 26.2 Å². The summed E-state index contributed by atoms with van der Waals surface area (Å²) in [7, 11) is 0. The van der Waals surface area contributed by atoms with Crippen molar-refractivity contribution in [2.45, 2.75) is 32.9 Å². The Morgan fingerprint density at radius 3 is 2.62 bits per heavy atom. The maximum absolute atomic E-state index is 11.2. The van der Waals surface area contributed by atoms with Crippen LogP contribution in [0.25, 0.3) is 11.5 Å². The Hall–Kier alpha value is -2.21. The number of nitrogens with zero attached hydrogens (tertiary/aromatic N) is 2. The van der Waals surface area contributed by atoms with Crippen molar-refractivity contribution >= 4 is 5.97 Å². The largest absolute Gasteiger partial charge is 0.480 e. The monoisotopic (exact) mass is 289 g/mol. The standard InChI is InChI=1S/C15H19N3O3/c1-10(2)8-12(15(19)20)16-9-13-17-18-14(21-13)11-6-4-3-5-7-11/h3-7,10,12,16H,8-9H2,1-2H3,(H,19,20). The second kappa shape index (κ2) is 6.99. The first kappa shape index (κ1) is 15.2. The molecule has 0 aliphatic carbocycles. The fourth-order valence-corrected chi connectivity index (χ4v) is 1.98. The molecule has 6 heteroatoms. The Labute approximate surface area is 123 Å². The van der Waals surface area contributed by atoms with Crippen molar-refractivity contribution in [3.05, 3.63) is 36.2 Å². The van der Waals surface area contributed by atoms with Crippen LogP contribution in [-0.2, 0) is 11.3 Å². The van der Waals surface area contributed by atoms with Gasteiger partial charge in [-0.3, -0.25) is 10.1 Å². The lowest BCUT2D eigenvalue weighted by Crippen LogP contribution is -2.37. The Kier molecular flexibility index (Phi) is 5.05. The van der Waals surface area contributed by atoms with Gasteiger partial charge in [-0.15, -0.1) is 10.2 Å². The molecule has 6 nitrogen and oxygen atoms in total. The highest BCUT2D eigenvalue weighted by molar-refractivity contribution is 5.73. The van der Waals surface area contributed by atoms with E-state index in [1.165, 1.54) is 0 Å². The summed E-state index contributed by atoms with van der Waals surface area (Å²) in [5.74, 6) is 0.236. The summed E-state index contributed by atoms with van der Waals surface area (Å²) in [5, 5.41) is 20.0. The van der Waals surface area contributed by atoms with Crippen molar-refractivity contribution in [3.63, 3.8) is 0 Å². The summed E-state index contributed by atoms with van der Waals surface area (Å²) < 4.78 is 5.53. The average Bonchev–Trinajstić information content (AvgIpc) is 2.92. The van der Waals surface area contributed by atoms with E-state index in [1.807, 2.05) is 44.2 Å². The van der Waals surface area contributed by atoms with E-state index in [-0.39, 0.29) is 6.54 Å². The maximum atomic E-state index is 11.2. The third-order valence-electron chi connectivity index (χ3n) is 2.99. The number of carboxylic acid groups (broad SMARTS) is 1. The lowest BCUT2D eigenvalue weighted by Gasteiger charge is -2.14.